The topological polar surface area (TPSA) is 83.8 Å². The lowest BCUT2D eigenvalue weighted by Crippen LogP contribution is -2.38. The highest BCUT2D eigenvalue weighted by atomic mass is 32.1. The molecule has 0 aliphatic carbocycles. The van der Waals surface area contributed by atoms with E-state index in [1.165, 1.54) is 11.3 Å². The predicted octanol–water partition coefficient (Wildman–Crippen LogP) is 6.41. The number of aliphatic carboxylic acids is 1. The summed E-state index contributed by atoms with van der Waals surface area (Å²) in [4.78, 5) is 22.0. The Bertz CT molecular complexity index is 1390. The third-order valence-electron chi connectivity index (χ3n) is 5.85. The number of hydrogen-bond donors (Lipinski definition) is 2. The average Bonchev–Trinajstić information content (AvgIpc) is 3.41. The fourth-order valence-corrected chi connectivity index (χ4v) is 4.91. The second-order valence-corrected chi connectivity index (χ2v) is 9.02. The molecule has 182 valence electrons. The highest BCUT2D eigenvalue weighted by Gasteiger charge is 2.37. The lowest BCUT2D eigenvalue weighted by molar-refractivity contribution is -0.129. The van der Waals surface area contributed by atoms with Gasteiger partial charge in [-0.25, -0.2) is 9.78 Å². The number of para-hydroxylation sites is 1. The van der Waals surface area contributed by atoms with Crippen LogP contribution in [0.25, 0.3) is 0 Å². The molecule has 0 saturated heterocycles. The smallest absolute Gasteiger partial charge is 0.360 e. The molecule has 0 spiro atoms. The van der Waals surface area contributed by atoms with Gasteiger partial charge in [0, 0.05) is 5.38 Å². The molecular formula is C30H23N3O3S. The zero-order valence-corrected chi connectivity index (χ0v) is 20.5. The molecule has 6 nitrogen and oxygen atoms in total. The van der Waals surface area contributed by atoms with Crippen molar-refractivity contribution in [1.82, 2.24) is 4.98 Å². The van der Waals surface area contributed by atoms with Crippen LogP contribution in [0.5, 0.6) is 5.75 Å². The number of carbonyl (C=O) groups is 1. The van der Waals surface area contributed by atoms with Crippen LogP contribution in [-0.4, -0.2) is 21.8 Å². The van der Waals surface area contributed by atoms with E-state index in [-0.39, 0.29) is 11.4 Å². The SMILES string of the molecule is O=C(O)/C(=N\Oc1ccccc1)c1csc(NC(c2ccccc2)(c2ccccc2)c2ccccc2)n1. The lowest BCUT2D eigenvalue weighted by atomic mass is 9.77. The number of benzene rings is 4. The Morgan fingerprint density at radius 3 is 1.68 bits per heavy atom. The minimum atomic E-state index is -1.23. The first kappa shape index (κ1) is 24.0. The van der Waals surface area contributed by atoms with Crippen LogP contribution in [0.1, 0.15) is 22.4 Å². The van der Waals surface area contributed by atoms with Gasteiger partial charge in [0.25, 0.3) is 0 Å². The van der Waals surface area contributed by atoms with E-state index in [9.17, 15) is 9.90 Å². The number of carboxylic acid groups (broad SMARTS) is 1. The Morgan fingerprint density at radius 1 is 0.757 bits per heavy atom. The van der Waals surface area contributed by atoms with Crippen LogP contribution in [0.15, 0.2) is 132 Å². The number of anilines is 1. The lowest BCUT2D eigenvalue weighted by Gasteiger charge is -2.36. The molecule has 7 heteroatoms. The van der Waals surface area contributed by atoms with E-state index in [0.717, 1.165) is 16.7 Å². The molecule has 1 aromatic heterocycles. The van der Waals surface area contributed by atoms with E-state index in [1.54, 1.807) is 29.6 Å². The quantitative estimate of drug-likeness (QED) is 0.137. The predicted molar refractivity (Wildman–Crippen MR) is 146 cm³/mol. The van der Waals surface area contributed by atoms with Crippen LogP contribution in [0.4, 0.5) is 5.13 Å². The van der Waals surface area contributed by atoms with Crippen molar-refractivity contribution in [3.05, 3.63) is 149 Å². The Labute approximate surface area is 218 Å². The fraction of sp³-hybridized carbons (Fsp3) is 0.0333. The van der Waals surface area contributed by atoms with E-state index in [1.807, 2.05) is 60.7 Å². The van der Waals surface area contributed by atoms with Crippen LogP contribution in [0.3, 0.4) is 0 Å². The van der Waals surface area contributed by atoms with E-state index in [4.69, 9.17) is 4.84 Å². The van der Waals surface area contributed by atoms with Gasteiger partial charge < -0.3 is 15.3 Å². The molecule has 0 aliphatic heterocycles. The summed E-state index contributed by atoms with van der Waals surface area (Å²) in [6.07, 6.45) is 0. The van der Waals surface area contributed by atoms with E-state index < -0.39 is 11.5 Å². The molecule has 0 fully saturated rings. The zero-order chi connectivity index (χ0) is 25.5. The van der Waals surface area contributed by atoms with Crippen molar-refractivity contribution in [2.45, 2.75) is 5.54 Å². The van der Waals surface area contributed by atoms with Gasteiger partial charge in [0.2, 0.25) is 5.71 Å². The average molecular weight is 506 g/mol. The van der Waals surface area contributed by atoms with E-state index in [2.05, 4.69) is 51.9 Å². The number of hydrogen-bond acceptors (Lipinski definition) is 6. The van der Waals surface area contributed by atoms with Gasteiger partial charge in [0.15, 0.2) is 10.9 Å². The van der Waals surface area contributed by atoms with Crippen molar-refractivity contribution in [2.75, 3.05) is 5.32 Å². The normalized spacial score (nSPS) is 11.6. The Morgan fingerprint density at radius 2 is 1.22 bits per heavy atom. The molecule has 0 unspecified atom stereocenters. The molecule has 1 heterocycles. The van der Waals surface area contributed by atoms with Crippen LogP contribution >= 0.6 is 11.3 Å². The minimum Gasteiger partial charge on any atom is -0.476 e. The zero-order valence-electron chi connectivity index (χ0n) is 19.7. The van der Waals surface area contributed by atoms with Gasteiger partial charge in [-0.3, -0.25) is 0 Å². The van der Waals surface area contributed by atoms with Crippen molar-refractivity contribution in [2.24, 2.45) is 5.16 Å². The fourth-order valence-electron chi connectivity index (χ4n) is 4.16. The molecule has 0 saturated carbocycles. The number of aromatic nitrogens is 1. The number of rotatable bonds is 9. The summed E-state index contributed by atoms with van der Waals surface area (Å²) >= 11 is 1.31. The van der Waals surface area contributed by atoms with E-state index >= 15 is 0 Å². The van der Waals surface area contributed by atoms with Crippen LogP contribution in [0, 0.1) is 0 Å². The number of carboxylic acids is 1. The van der Waals surface area contributed by atoms with Crippen molar-refractivity contribution in [1.29, 1.82) is 0 Å². The molecular weight excluding hydrogens is 482 g/mol. The van der Waals surface area contributed by atoms with Gasteiger partial charge >= 0.3 is 5.97 Å². The van der Waals surface area contributed by atoms with Crippen LogP contribution in [0.2, 0.25) is 0 Å². The molecule has 2 N–H and O–H groups in total. The summed E-state index contributed by atoms with van der Waals surface area (Å²) in [5.41, 5.74) is 2.20. The van der Waals surface area contributed by atoms with Crippen LogP contribution < -0.4 is 10.2 Å². The second-order valence-electron chi connectivity index (χ2n) is 8.16. The number of thiazole rings is 1. The highest BCUT2D eigenvalue weighted by molar-refractivity contribution is 7.14. The monoisotopic (exact) mass is 505 g/mol. The van der Waals surface area contributed by atoms with Gasteiger partial charge in [0.1, 0.15) is 11.2 Å². The van der Waals surface area contributed by atoms with Gasteiger partial charge in [0.05, 0.1) is 0 Å². The second kappa shape index (κ2) is 10.9. The van der Waals surface area contributed by atoms with Crippen molar-refractivity contribution >= 4 is 28.1 Å². The number of oxime groups is 1. The van der Waals surface area contributed by atoms with Gasteiger partial charge in [-0.05, 0) is 28.8 Å². The molecule has 0 atom stereocenters. The van der Waals surface area contributed by atoms with Gasteiger partial charge in [-0.15, -0.1) is 11.3 Å². The summed E-state index contributed by atoms with van der Waals surface area (Å²) in [5, 5.41) is 19.5. The maximum Gasteiger partial charge on any atom is 0.360 e. The van der Waals surface area contributed by atoms with Crippen molar-refractivity contribution < 1.29 is 14.7 Å². The molecule has 0 radical (unpaired) electrons. The summed E-state index contributed by atoms with van der Waals surface area (Å²) in [7, 11) is 0. The number of nitrogens with zero attached hydrogens (tertiary/aromatic N) is 2. The summed E-state index contributed by atoms with van der Waals surface area (Å²) in [5.74, 6) is -0.792. The molecule has 37 heavy (non-hydrogen) atoms. The standard InChI is InChI=1S/C30H23N3O3S/c34-28(35)27(33-36-25-19-11-4-12-20-25)26-21-37-29(31-26)32-30(22-13-5-1-6-14-22,23-15-7-2-8-16-23)24-17-9-3-10-18-24/h1-21H,(H,31,32)(H,34,35)/b33-27-. The maximum atomic E-state index is 12.0. The maximum absolute atomic E-state index is 12.0. The van der Waals surface area contributed by atoms with Crippen molar-refractivity contribution in [3.63, 3.8) is 0 Å². The Kier molecular flexibility index (Phi) is 7.05. The Balaban J connectivity index is 1.58. The first-order valence-corrected chi connectivity index (χ1v) is 12.5. The third-order valence-corrected chi connectivity index (χ3v) is 6.61. The summed E-state index contributed by atoms with van der Waals surface area (Å²) in [6, 6.07) is 39.2. The molecule has 4 aromatic carbocycles. The Hall–Kier alpha value is -4.75. The van der Waals surface area contributed by atoms with Crippen LogP contribution in [-0.2, 0) is 10.3 Å². The van der Waals surface area contributed by atoms with Gasteiger partial charge in [-0.2, -0.15) is 0 Å². The minimum absolute atomic E-state index is 0.207. The van der Waals surface area contributed by atoms with Gasteiger partial charge in [-0.1, -0.05) is 114 Å². The number of nitrogens with one attached hydrogen (secondary N) is 1. The molecule has 0 amide bonds. The summed E-state index contributed by atoms with van der Waals surface area (Å²) < 4.78 is 0. The summed E-state index contributed by atoms with van der Waals surface area (Å²) in [6.45, 7) is 0. The third kappa shape index (κ3) is 5.12. The van der Waals surface area contributed by atoms with E-state index in [0.29, 0.717) is 10.9 Å². The van der Waals surface area contributed by atoms with Crippen molar-refractivity contribution in [3.8, 4) is 5.75 Å². The molecule has 0 aliphatic rings. The first-order chi connectivity index (χ1) is 18.2. The molecule has 0 bridgehead atoms. The highest BCUT2D eigenvalue weighted by Crippen LogP contribution is 2.40. The molecule has 5 rings (SSSR count). The molecule has 5 aromatic rings. The first-order valence-electron chi connectivity index (χ1n) is 11.6. The largest absolute Gasteiger partial charge is 0.476 e.